The molecule has 3 aromatic carbocycles. The molecule has 4 rings (SSSR count). The molecule has 0 spiro atoms. The zero-order chi connectivity index (χ0) is 30.2. The summed E-state index contributed by atoms with van der Waals surface area (Å²) in [5.74, 6) is -0.790. The number of para-hydroxylation sites is 1. The highest BCUT2D eigenvalue weighted by atomic mass is 32.2. The van der Waals surface area contributed by atoms with Crippen LogP contribution in [0.25, 0.3) is 22.0 Å². The van der Waals surface area contributed by atoms with E-state index in [1.165, 1.54) is 18.2 Å². The number of hydrogen-bond donors (Lipinski definition) is 0. The Bertz CT molecular complexity index is 1760. The van der Waals surface area contributed by atoms with Crippen LogP contribution in [0.15, 0.2) is 66.7 Å². The molecule has 0 atom stereocenters. The second-order valence-corrected chi connectivity index (χ2v) is 13.9. The SMILES string of the molecule is CCOC(=O)c1c(-c2ccc(C(C)(C)C)cc2)c2ccccc2n1Cc1cc(OS(C)(=O)=O)cc(OS(C)(=O)=O)c1. The van der Waals surface area contributed by atoms with Crippen LogP contribution < -0.4 is 8.37 Å². The van der Waals surface area contributed by atoms with Crippen LogP contribution in [0.1, 0.15) is 49.3 Å². The molecule has 0 aliphatic heterocycles. The van der Waals surface area contributed by atoms with E-state index in [1.54, 1.807) is 11.5 Å². The third kappa shape index (κ3) is 7.28. The molecule has 1 aromatic heterocycles. The number of rotatable bonds is 9. The second kappa shape index (κ2) is 11.2. The van der Waals surface area contributed by atoms with Crippen molar-refractivity contribution < 1.29 is 34.7 Å². The molecule has 41 heavy (non-hydrogen) atoms. The lowest BCUT2D eigenvalue weighted by atomic mass is 9.86. The van der Waals surface area contributed by atoms with Gasteiger partial charge in [-0.25, -0.2) is 4.79 Å². The molecule has 0 amide bonds. The quantitative estimate of drug-likeness (QED) is 0.183. The highest BCUT2D eigenvalue weighted by Crippen LogP contribution is 2.38. The number of esters is 1. The molecule has 0 saturated heterocycles. The number of ether oxygens (including phenoxy) is 1. The molecule has 0 radical (unpaired) electrons. The fraction of sp³-hybridized carbons (Fsp3) is 0.300. The third-order valence-electron chi connectivity index (χ3n) is 6.25. The molecule has 0 saturated carbocycles. The monoisotopic (exact) mass is 599 g/mol. The summed E-state index contributed by atoms with van der Waals surface area (Å²) in [5.41, 5.74) is 4.07. The molecule has 11 heteroatoms. The van der Waals surface area contributed by atoms with Crippen molar-refractivity contribution in [1.82, 2.24) is 4.57 Å². The van der Waals surface area contributed by atoms with Crippen LogP contribution in [-0.2, 0) is 36.9 Å². The van der Waals surface area contributed by atoms with E-state index in [4.69, 9.17) is 13.1 Å². The van der Waals surface area contributed by atoms with Gasteiger partial charge in [-0.05, 0) is 47.2 Å². The van der Waals surface area contributed by atoms with Gasteiger partial charge in [-0.15, -0.1) is 0 Å². The van der Waals surface area contributed by atoms with E-state index < -0.39 is 26.2 Å². The first-order chi connectivity index (χ1) is 19.1. The number of carbonyl (C=O) groups excluding carboxylic acids is 1. The van der Waals surface area contributed by atoms with Gasteiger partial charge in [0, 0.05) is 29.1 Å². The van der Waals surface area contributed by atoms with E-state index in [0.29, 0.717) is 16.8 Å². The zero-order valence-electron chi connectivity index (χ0n) is 23.8. The minimum absolute atomic E-state index is 0.0514. The van der Waals surface area contributed by atoms with Crippen molar-refractivity contribution in [2.75, 3.05) is 19.1 Å². The molecule has 0 fully saturated rings. The van der Waals surface area contributed by atoms with Crippen molar-refractivity contribution in [2.24, 2.45) is 0 Å². The highest BCUT2D eigenvalue weighted by molar-refractivity contribution is 7.86. The van der Waals surface area contributed by atoms with Gasteiger partial charge in [0.25, 0.3) is 0 Å². The summed E-state index contributed by atoms with van der Waals surface area (Å²) >= 11 is 0. The number of fused-ring (bicyclic) bond motifs is 1. The average molecular weight is 600 g/mol. The molecule has 0 unspecified atom stereocenters. The Morgan fingerprint density at radius 3 is 1.90 bits per heavy atom. The first-order valence-electron chi connectivity index (χ1n) is 12.9. The van der Waals surface area contributed by atoms with Crippen molar-refractivity contribution in [3.8, 4) is 22.6 Å². The van der Waals surface area contributed by atoms with E-state index in [0.717, 1.165) is 34.5 Å². The van der Waals surface area contributed by atoms with Gasteiger partial charge < -0.3 is 17.7 Å². The maximum atomic E-state index is 13.5. The number of benzene rings is 3. The molecule has 0 bridgehead atoms. The molecular weight excluding hydrogens is 566 g/mol. The minimum Gasteiger partial charge on any atom is -0.461 e. The Labute approximate surface area is 240 Å². The fourth-order valence-electron chi connectivity index (χ4n) is 4.66. The fourth-order valence-corrected chi connectivity index (χ4v) is 5.55. The smallest absolute Gasteiger partial charge is 0.355 e. The van der Waals surface area contributed by atoms with Crippen LogP contribution in [0.4, 0.5) is 0 Å². The molecule has 9 nitrogen and oxygen atoms in total. The van der Waals surface area contributed by atoms with Crippen LogP contribution >= 0.6 is 0 Å². The van der Waals surface area contributed by atoms with Crippen LogP contribution in [0.3, 0.4) is 0 Å². The largest absolute Gasteiger partial charge is 0.461 e. The molecule has 218 valence electrons. The maximum absolute atomic E-state index is 13.5. The third-order valence-corrected chi connectivity index (χ3v) is 7.25. The molecule has 1 heterocycles. The van der Waals surface area contributed by atoms with Gasteiger partial charge in [-0.2, -0.15) is 16.8 Å². The molecule has 4 aromatic rings. The lowest BCUT2D eigenvalue weighted by Crippen LogP contribution is -2.15. The summed E-state index contributed by atoms with van der Waals surface area (Å²) in [7, 11) is -7.85. The van der Waals surface area contributed by atoms with Gasteiger partial charge in [-0.3, -0.25) is 0 Å². The van der Waals surface area contributed by atoms with E-state index in [2.05, 4.69) is 20.8 Å². The first-order valence-corrected chi connectivity index (χ1v) is 16.5. The Morgan fingerprint density at radius 1 is 0.829 bits per heavy atom. The Morgan fingerprint density at radius 2 is 1.39 bits per heavy atom. The number of nitrogens with zero attached hydrogens (tertiary/aromatic N) is 1. The van der Waals surface area contributed by atoms with Gasteiger partial charge >= 0.3 is 26.2 Å². The Balaban J connectivity index is 1.95. The predicted molar refractivity (Wildman–Crippen MR) is 159 cm³/mol. The van der Waals surface area contributed by atoms with Crippen LogP contribution in [0, 0.1) is 0 Å². The van der Waals surface area contributed by atoms with Gasteiger partial charge in [0.2, 0.25) is 0 Å². The topological polar surface area (TPSA) is 118 Å². The maximum Gasteiger partial charge on any atom is 0.355 e. The Kier molecular flexibility index (Phi) is 8.24. The summed E-state index contributed by atoms with van der Waals surface area (Å²) < 4.78 is 64.8. The van der Waals surface area contributed by atoms with Crippen molar-refractivity contribution in [2.45, 2.75) is 39.7 Å². The Hall–Kier alpha value is -3.83. The van der Waals surface area contributed by atoms with E-state index >= 15 is 0 Å². The van der Waals surface area contributed by atoms with Crippen LogP contribution in [0.2, 0.25) is 0 Å². The highest BCUT2D eigenvalue weighted by Gasteiger charge is 2.26. The second-order valence-electron chi connectivity index (χ2n) is 10.8. The van der Waals surface area contributed by atoms with E-state index in [9.17, 15) is 21.6 Å². The van der Waals surface area contributed by atoms with E-state index in [-0.39, 0.29) is 30.1 Å². The standard InChI is InChI=1S/C30H33NO8S2/c1-7-37-29(32)28-27(21-12-14-22(15-13-21)30(2,3)4)25-10-8-9-11-26(25)31(28)19-20-16-23(38-40(5,33)34)18-24(17-20)39-41(6,35)36/h8-18H,7,19H2,1-6H3. The predicted octanol–water partition coefficient (Wildman–Crippen LogP) is 5.51. The minimum atomic E-state index is -3.92. The summed E-state index contributed by atoms with van der Waals surface area (Å²) in [5, 5.41) is 0.815. The van der Waals surface area contributed by atoms with Crippen molar-refractivity contribution in [3.05, 3.63) is 83.6 Å². The average Bonchev–Trinajstić information content (AvgIpc) is 3.15. The first kappa shape index (κ1) is 30.1. The molecule has 0 aliphatic carbocycles. The molecule has 0 N–H and O–H groups in total. The van der Waals surface area contributed by atoms with Crippen molar-refractivity contribution >= 4 is 37.1 Å². The van der Waals surface area contributed by atoms with Gasteiger partial charge in [0.05, 0.1) is 19.1 Å². The lowest BCUT2D eigenvalue weighted by molar-refractivity contribution is 0.0516. The summed E-state index contributed by atoms with van der Waals surface area (Å²) in [6.07, 6.45) is 1.76. The van der Waals surface area contributed by atoms with Crippen LogP contribution in [-0.4, -0.2) is 46.5 Å². The van der Waals surface area contributed by atoms with Gasteiger partial charge in [0.15, 0.2) is 0 Å². The lowest BCUT2D eigenvalue weighted by Gasteiger charge is -2.19. The number of hydrogen-bond acceptors (Lipinski definition) is 8. The zero-order valence-corrected chi connectivity index (χ0v) is 25.4. The summed E-state index contributed by atoms with van der Waals surface area (Å²) in [6.45, 7) is 8.32. The number of aromatic nitrogens is 1. The molecular formula is C30H33NO8S2. The summed E-state index contributed by atoms with van der Waals surface area (Å²) in [4.78, 5) is 13.5. The number of carbonyl (C=O) groups is 1. The normalized spacial score (nSPS) is 12.3. The van der Waals surface area contributed by atoms with Crippen molar-refractivity contribution in [1.29, 1.82) is 0 Å². The van der Waals surface area contributed by atoms with Gasteiger partial charge in [0.1, 0.15) is 17.2 Å². The summed E-state index contributed by atoms with van der Waals surface area (Å²) in [6, 6.07) is 19.6. The van der Waals surface area contributed by atoms with Crippen molar-refractivity contribution in [3.63, 3.8) is 0 Å². The van der Waals surface area contributed by atoms with Gasteiger partial charge in [-0.1, -0.05) is 63.2 Å². The molecule has 0 aliphatic rings. The van der Waals surface area contributed by atoms with Crippen LogP contribution in [0.5, 0.6) is 11.5 Å². The van der Waals surface area contributed by atoms with E-state index in [1.807, 2.05) is 48.5 Å².